The Labute approximate surface area is 292 Å². The van der Waals surface area contributed by atoms with E-state index in [1.807, 2.05) is 48.5 Å². The van der Waals surface area contributed by atoms with Gasteiger partial charge in [0.05, 0.1) is 22.8 Å². The van der Waals surface area contributed by atoms with Crippen molar-refractivity contribution in [2.24, 2.45) is 5.92 Å². The molecule has 7 nitrogen and oxygen atoms in total. The number of ether oxygens (including phenoxy) is 2. The molecular weight excluding hydrogens is 645 g/mol. The Morgan fingerprint density at radius 1 is 0.875 bits per heavy atom. The highest BCUT2D eigenvalue weighted by Gasteiger charge is 2.22. The molecule has 6 rings (SSSR count). The predicted octanol–water partition coefficient (Wildman–Crippen LogP) is 8.37. The Balaban J connectivity index is 1.09. The molecule has 1 aliphatic heterocycles. The second-order valence-electron chi connectivity index (χ2n) is 12.7. The van der Waals surface area contributed by atoms with Crippen LogP contribution in [0.4, 0.5) is 0 Å². The van der Waals surface area contributed by atoms with Crippen LogP contribution in [-0.2, 0) is 29.2 Å². The van der Waals surface area contributed by atoms with Crippen LogP contribution in [-0.4, -0.2) is 36.4 Å². The lowest BCUT2D eigenvalue weighted by Gasteiger charge is -2.16. The Hall–Kier alpha value is -3.91. The van der Waals surface area contributed by atoms with E-state index in [-0.39, 0.29) is 5.91 Å². The molecule has 1 aromatic heterocycles. The maximum absolute atomic E-state index is 11.6. The Morgan fingerprint density at radius 3 is 2.35 bits per heavy atom. The third-order valence-electron chi connectivity index (χ3n) is 9.28. The number of halogens is 2. The molecule has 2 aliphatic rings. The van der Waals surface area contributed by atoms with Crippen molar-refractivity contribution in [1.82, 2.24) is 15.6 Å². The molecule has 1 aliphatic carbocycles. The number of aryl methyl sites for hydroxylation is 1. The molecule has 1 amide bonds. The number of carbonyl (C=O) groups is 2. The summed E-state index contributed by atoms with van der Waals surface area (Å²) in [5.74, 6) is 2.04. The largest absolute Gasteiger partial charge is 0.487 e. The molecule has 0 bridgehead atoms. The number of hydrogen-bond acceptors (Lipinski definition) is 6. The third kappa shape index (κ3) is 8.38. The topological polar surface area (TPSA) is 89.6 Å². The molecule has 0 unspecified atom stereocenters. The van der Waals surface area contributed by atoms with E-state index in [2.05, 4.69) is 34.9 Å². The van der Waals surface area contributed by atoms with Crippen molar-refractivity contribution < 1.29 is 19.1 Å². The highest BCUT2D eigenvalue weighted by molar-refractivity contribution is 6.38. The van der Waals surface area contributed by atoms with Crippen molar-refractivity contribution >= 4 is 34.9 Å². The van der Waals surface area contributed by atoms with Crippen LogP contribution in [0, 0.1) is 5.92 Å². The highest BCUT2D eigenvalue weighted by Crippen LogP contribution is 2.42. The van der Waals surface area contributed by atoms with Crippen molar-refractivity contribution in [1.29, 1.82) is 0 Å². The molecular formula is C39H41Cl2N3O4. The number of rotatable bonds is 14. The van der Waals surface area contributed by atoms with Crippen LogP contribution < -0.4 is 20.1 Å². The number of hydrogen-bond donors (Lipinski definition) is 2. The number of nitrogens with one attached hydrogen (secondary N) is 2. The first-order chi connectivity index (χ1) is 23.4. The molecule has 0 radical (unpaired) electrons. The molecule has 4 aromatic rings. The van der Waals surface area contributed by atoms with Gasteiger partial charge in [0.2, 0.25) is 11.8 Å². The molecule has 1 saturated heterocycles. The third-order valence-corrected chi connectivity index (χ3v) is 10.1. The summed E-state index contributed by atoms with van der Waals surface area (Å²) in [6, 6.07) is 24.3. The summed E-state index contributed by atoms with van der Waals surface area (Å²) in [7, 11) is 1.61. The summed E-state index contributed by atoms with van der Waals surface area (Å²) < 4.78 is 11.8. The molecule has 2 atom stereocenters. The zero-order chi connectivity index (χ0) is 33.5. The summed E-state index contributed by atoms with van der Waals surface area (Å²) in [5, 5.41) is 7.52. The number of benzene rings is 3. The lowest BCUT2D eigenvalue weighted by atomic mass is 10.0. The molecule has 250 valence electrons. The number of Topliss-reactive ketones (excluding diaryl/α,β-unsaturated/α-hetero) is 1. The van der Waals surface area contributed by atoms with Crippen molar-refractivity contribution in [2.45, 2.75) is 70.6 Å². The van der Waals surface area contributed by atoms with Gasteiger partial charge in [-0.15, -0.1) is 0 Å². The quantitative estimate of drug-likeness (QED) is 0.139. The van der Waals surface area contributed by atoms with Gasteiger partial charge in [-0.05, 0) is 67.8 Å². The van der Waals surface area contributed by atoms with Crippen LogP contribution in [0.5, 0.6) is 11.6 Å². The molecule has 3 aromatic carbocycles. The maximum Gasteiger partial charge on any atom is 0.220 e. The Bertz CT molecular complexity index is 1760. The first-order valence-corrected chi connectivity index (χ1v) is 17.5. The van der Waals surface area contributed by atoms with E-state index in [0.29, 0.717) is 77.5 Å². The summed E-state index contributed by atoms with van der Waals surface area (Å²) in [6.07, 6.45) is 6.94. The molecule has 1 saturated carbocycles. The van der Waals surface area contributed by atoms with E-state index in [9.17, 15) is 9.59 Å². The molecule has 2 N–H and O–H groups in total. The van der Waals surface area contributed by atoms with Gasteiger partial charge in [0.25, 0.3) is 0 Å². The standard InChI is InChI=1S/C39H41Cl2N3O4/c1-47-39-28(23-42-22-27-15-18-30(45)21-27)16-19-34(44-39)33-9-3-7-31(37(33)40)32-8-4-10-35(38(32)41)48-24-26-13-11-25(12-14-26)5-2-6-29-17-20-36(46)43-29/h3-4,7-14,16,19,27,29,42H,2,5-6,15,17-18,20-24H2,1H3,(H,43,46)/t27-,29-/m1/s1. The van der Waals surface area contributed by atoms with Gasteiger partial charge in [-0.1, -0.05) is 83.9 Å². The molecule has 0 spiro atoms. The summed E-state index contributed by atoms with van der Waals surface area (Å²) >= 11 is 14.0. The number of pyridine rings is 1. The normalized spacial score (nSPS) is 17.5. The summed E-state index contributed by atoms with van der Waals surface area (Å²) in [5.41, 5.74) is 6.28. The summed E-state index contributed by atoms with van der Waals surface area (Å²) in [6.45, 7) is 1.78. The predicted molar refractivity (Wildman–Crippen MR) is 191 cm³/mol. The lowest BCUT2D eigenvalue weighted by molar-refractivity contribution is -0.119. The lowest BCUT2D eigenvalue weighted by Crippen LogP contribution is -2.25. The number of nitrogens with zero attached hydrogens (tertiary/aromatic N) is 1. The van der Waals surface area contributed by atoms with Gasteiger partial charge in [-0.2, -0.15) is 0 Å². The van der Waals surface area contributed by atoms with E-state index in [4.69, 9.17) is 37.7 Å². The van der Waals surface area contributed by atoms with E-state index >= 15 is 0 Å². The Morgan fingerprint density at radius 2 is 1.62 bits per heavy atom. The number of methoxy groups -OCH3 is 1. The van der Waals surface area contributed by atoms with Crippen LogP contribution in [0.2, 0.25) is 10.0 Å². The molecule has 2 heterocycles. The Kier molecular flexibility index (Phi) is 11.3. The van der Waals surface area contributed by atoms with Crippen molar-refractivity contribution in [3.8, 4) is 34.0 Å². The van der Waals surface area contributed by atoms with Gasteiger partial charge >= 0.3 is 0 Å². The SMILES string of the molecule is COc1nc(-c2cccc(-c3cccc(OCc4ccc(CCC[C@@H]5CCC(=O)N5)cc4)c3Cl)c2Cl)ccc1CNC[C@@H]1CCC(=O)C1. The van der Waals surface area contributed by atoms with Crippen LogP contribution in [0.15, 0.2) is 72.8 Å². The number of aromatic nitrogens is 1. The van der Waals surface area contributed by atoms with E-state index in [1.165, 1.54) is 5.56 Å². The second kappa shape index (κ2) is 16.0. The molecule has 2 fully saturated rings. The first-order valence-electron chi connectivity index (χ1n) is 16.7. The number of ketones is 1. The van der Waals surface area contributed by atoms with Gasteiger partial charge < -0.3 is 20.1 Å². The minimum Gasteiger partial charge on any atom is -0.487 e. The fourth-order valence-corrected chi connectivity index (χ4v) is 7.19. The van der Waals surface area contributed by atoms with Crippen LogP contribution in [0.3, 0.4) is 0 Å². The highest BCUT2D eigenvalue weighted by atomic mass is 35.5. The fraction of sp³-hybridized carbons (Fsp3) is 0.359. The van der Waals surface area contributed by atoms with Gasteiger partial charge in [0, 0.05) is 54.1 Å². The number of carbonyl (C=O) groups excluding carboxylic acids is 2. The van der Waals surface area contributed by atoms with Crippen molar-refractivity contribution in [3.63, 3.8) is 0 Å². The maximum atomic E-state index is 11.6. The van der Waals surface area contributed by atoms with Gasteiger partial charge in [-0.3, -0.25) is 9.59 Å². The van der Waals surface area contributed by atoms with Crippen LogP contribution in [0.25, 0.3) is 22.4 Å². The van der Waals surface area contributed by atoms with Crippen molar-refractivity contribution in [3.05, 3.63) is 99.5 Å². The average molecular weight is 687 g/mol. The van der Waals surface area contributed by atoms with E-state index < -0.39 is 0 Å². The smallest absolute Gasteiger partial charge is 0.220 e. The van der Waals surface area contributed by atoms with Gasteiger partial charge in [0.1, 0.15) is 18.1 Å². The minimum atomic E-state index is 0.173. The van der Waals surface area contributed by atoms with E-state index in [1.54, 1.807) is 7.11 Å². The zero-order valence-electron chi connectivity index (χ0n) is 27.2. The van der Waals surface area contributed by atoms with Crippen LogP contribution >= 0.6 is 23.2 Å². The van der Waals surface area contributed by atoms with Gasteiger partial charge in [0.15, 0.2) is 0 Å². The second-order valence-corrected chi connectivity index (χ2v) is 13.5. The summed E-state index contributed by atoms with van der Waals surface area (Å²) in [4.78, 5) is 27.8. The molecule has 48 heavy (non-hydrogen) atoms. The minimum absolute atomic E-state index is 0.173. The monoisotopic (exact) mass is 685 g/mol. The van der Waals surface area contributed by atoms with Crippen molar-refractivity contribution in [2.75, 3.05) is 13.7 Å². The fourth-order valence-electron chi connectivity index (χ4n) is 6.58. The van der Waals surface area contributed by atoms with E-state index in [0.717, 1.165) is 66.5 Å². The van der Waals surface area contributed by atoms with Gasteiger partial charge in [-0.25, -0.2) is 4.98 Å². The first kappa shape index (κ1) is 34.0. The number of amides is 1. The van der Waals surface area contributed by atoms with Crippen LogP contribution in [0.1, 0.15) is 61.6 Å². The zero-order valence-corrected chi connectivity index (χ0v) is 28.7. The molecule has 9 heteroatoms. The average Bonchev–Trinajstić information content (AvgIpc) is 3.72.